The highest BCUT2D eigenvalue weighted by Gasteiger charge is 2.25. The van der Waals surface area contributed by atoms with Crippen LogP contribution in [0.25, 0.3) is 0 Å². The predicted octanol–water partition coefficient (Wildman–Crippen LogP) is 3.46. The summed E-state index contributed by atoms with van der Waals surface area (Å²) in [5.74, 6) is 6.03. The number of Topliss-reactive ketones (excluding diaryl/α,β-unsaturated/α-hetero) is 1. The van der Waals surface area contributed by atoms with E-state index in [0.29, 0.717) is 4.88 Å². The molecule has 0 saturated carbocycles. The van der Waals surface area contributed by atoms with Crippen LogP contribution in [0.15, 0.2) is 0 Å². The molecule has 0 saturated heterocycles. The molecule has 0 radical (unpaired) electrons. The van der Waals surface area contributed by atoms with Crippen molar-refractivity contribution in [3.63, 3.8) is 0 Å². The summed E-state index contributed by atoms with van der Waals surface area (Å²) in [6.07, 6.45) is 0.240. The minimum Gasteiger partial charge on any atom is -0.292 e. The average molecular weight is 264 g/mol. The molecule has 1 heterocycles. The molecule has 4 heteroatoms. The van der Waals surface area contributed by atoms with Gasteiger partial charge in [0.15, 0.2) is 5.78 Å². The number of rotatable bonds is 2. The first-order valence-electron chi connectivity index (χ1n) is 5.97. The number of carbonyl (C=O) groups is 1. The second-order valence-corrected chi connectivity index (χ2v) is 7.11. The molecule has 98 valence electrons. The van der Waals surface area contributed by atoms with E-state index in [0.717, 1.165) is 17.2 Å². The predicted molar refractivity (Wildman–Crippen MR) is 74.8 cm³/mol. The molecule has 0 unspecified atom stereocenters. The van der Waals surface area contributed by atoms with Crippen molar-refractivity contribution in [3.05, 3.63) is 10.6 Å². The Bertz CT molecular complexity index is 492. The third-order valence-electron chi connectivity index (χ3n) is 2.16. The smallest absolute Gasteiger partial charge is 0.188 e. The van der Waals surface area contributed by atoms with Gasteiger partial charge in [0.2, 0.25) is 0 Å². The van der Waals surface area contributed by atoms with Crippen molar-refractivity contribution in [1.29, 1.82) is 0 Å². The number of hydrogen-bond donors (Lipinski definition) is 0. The molecule has 18 heavy (non-hydrogen) atoms. The van der Waals surface area contributed by atoms with Gasteiger partial charge in [0.25, 0.3) is 0 Å². The van der Waals surface area contributed by atoms with Crippen molar-refractivity contribution in [1.82, 2.24) is 9.59 Å². The van der Waals surface area contributed by atoms with Crippen LogP contribution in [0.4, 0.5) is 0 Å². The molecular formula is C14H20N2OS. The molecule has 3 nitrogen and oxygen atoms in total. The minimum absolute atomic E-state index is 0.0201. The van der Waals surface area contributed by atoms with Crippen LogP contribution in [0.2, 0.25) is 0 Å². The molecule has 0 aromatic carbocycles. The van der Waals surface area contributed by atoms with Gasteiger partial charge in [-0.1, -0.05) is 37.1 Å². The second kappa shape index (κ2) is 5.19. The van der Waals surface area contributed by atoms with Crippen LogP contribution in [-0.4, -0.2) is 15.4 Å². The SMILES string of the molecule is CC(C)(C)C#CCC(=O)c1snnc1C(C)(C)C. The lowest BCUT2D eigenvalue weighted by molar-refractivity contribution is 0.0999. The van der Waals surface area contributed by atoms with Crippen LogP contribution in [0, 0.1) is 17.3 Å². The van der Waals surface area contributed by atoms with Gasteiger partial charge in [-0.2, -0.15) is 0 Å². The van der Waals surface area contributed by atoms with E-state index in [1.807, 2.05) is 41.5 Å². The van der Waals surface area contributed by atoms with Crippen molar-refractivity contribution in [2.24, 2.45) is 5.41 Å². The van der Waals surface area contributed by atoms with E-state index in [1.165, 1.54) is 0 Å². The van der Waals surface area contributed by atoms with E-state index < -0.39 is 0 Å². The first-order valence-corrected chi connectivity index (χ1v) is 6.74. The topological polar surface area (TPSA) is 42.9 Å². The monoisotopic (exact) mass is 264 g/mol. The fraction of sp³-hybridized carbons (Fsp3) is 0.643. The summed E-state index contributed by atoms with van der Waals surface area (Å²) < 4.78 is 3.89. The zero-order valence-electron chi connectivity index (χ0n) is 11.9. The van der Waals surface area contributed by atoms with Crippen molar-refractivity contribution >= 4 is 17.3 Å². The van der Waals surface area contributed by atoms with Crippen LogP contribution in [0.3, 0.4) is 0 Å². The van der Waals surface area contributed by atoms with E-state index >= 15 is 0 Å². The maximum absolute atomic E-state index is 12.1. The summed E-state index contributed by atoms with van der Waals surface area (Å²) in [5.41, 5.74) is 0.546. The highest BCUT2D eigenvalue weighted by atomic mass is 32.1. The van der Waals surface area contributed by atoms with Crippen molar-refractivity contribution in [2.75, 3.05) is 0 Å². The van der Waals surface area contributed by atoms with Crippen LogP contribution in [0.5, 0.6) is 0 Å². The molecule has 0 aliphatic carbocycles. The number of ketones is 1. The van der Waals surface area contributed by atoms with E-state index in [2.05, 4.69) is 21.4 Å². The maximum Gasteiger partial charge on any atom is 0.188 e. The summed E-state index contributed by atoms with van der Waals surface area (Å²) in [6.45, 7) is 12.2. The Hall–Kier alpha value is -1.21. The summed E-state index contributed by atoms with van der Waals surface area (Å²) in [6, 6.07) is 0. The number of carbonyl (C=O) groups excluding carboxylic acids is 1. The lowest BCUT2D eigenvalue weighted by Gasteiger charge is -2.15. The highest BCUT2D eigenvalue weighted by Crippen LogP contribution is 2.26. The number of aromatic nitrogens is 2. The van der Waals surface area contributed by atoms with Gasteiger partial charge in [-0.15, -0.1) is 5.10 Å². The molecule has 1 aromatic heterocycles. The van der Waals surface area contributed by atoms with E-state index in [-0.39, 0.29) is 23.0 Å². The lowest BCUT2D eigenvalue weighted by atomic mass is 9.90. The fourth-order valence-electron chi connectivity index (χ4n) is 1.33. The molecule has 1 rings (SSSR count). The molecule has 1 aromatic rings. The summed E-state index contributed by atoms with van der Waals surface area (Å²) in [7, 11) is 0. The van der Waals surface area contributed by atoms with Crippen LogP contribution >= 0.6 is 11.5 Å². The third-order valence-corrected chi connectivity index (χ3v) is 2.93. The molecule has 0 bridgehead atoms. The van der Waals surface area contributed by atoms with Crippen molar-refractivity contribution in [3.8, 4) is 11.8 Å². The highest BCUT2D eigenvalue weighted by molar-refractivity contribution is 7.08. The molecule has 0 fully saturated rings. The molecule has 0 spiro atoms. The standard InChI is InChI=1S/C14H20N2OS/c1-13(2,3)9-7-8-10(17)11-12(14(4,5)6)15-16-18-11/h8H2,1-6H3. The first-order chi connectivity index (χ1) is 8.11. The molecule has 0 N–H and O–H groups in total. The maximum atomic E-state index is 12.1. The first kappa shape index (κ1) is 14.8. The van der Waals surface area contributed by atoms with E-state index in [9.17, 15) is 4.79 Å². The lowest BCUT2D eigenvalue weighted by Crippen LogP contribution is -2.16. The summed E-state index contributed by atoms with van der Waals surface area (Å²) in [4.78, 5) is 12.7. The quantitative estimate of drug-likeness (QED) is 0.607. The summed E-state index contributed by atoms with van der Waals surface area (Å²) >= 11 is 1.16. The van der Waals surface area contributed by atoms with Gasteiger partial charge in [-0.05, 0) is 32.3 Å². The summed E-state index contributed by atoms with van der Waals surface area (Å²) in [5, 5.41) is 4.06. The largest absolute Gasteiger partial charge is 0.292 e. The fourth-order valence-corrected chi connectivity index (χ4v) is 2.15. The van der Waals surface area contributed by atoms with Gasteiger partial charge in [-0.3, -0.25) is 4.79 Å². The second-order valence-electron chi connectivity index (χ2n) is 6.35. The Morgan fingerprint density at radius 1 is 1.22 bits per heavy atom. The van der Waals surface area contributed by atoms with E-state index in [1.54, 1.807) is 0 Å². The van der Waals surface area contributed by atoms with Crippen LogP contribution in [-0.2, 0) is 5.41 Å². The van der Waals surface area contributed by atoms with Crippen molar-refractivity contribution in [2.45, 2.75) is 53.4 Å². The Balaban J connectivity index is 2.86. The number of nitrogens with zero attached hydrogens (tertiary/aromatic N) is 2. The van der Waals surface area contributed by atoms with E-state index in [4.69, 9.17) is 0 Å². The minimum atomic E-state index is -0.157. The molecule has 0 aliphatic heterocycles. The Kier molecular flexibility index (Phi) is 4.28. The molecular weight excluding hydrogens is 244 g/mol. The van der Waals surface area contributed by atoms with Crippen molar-refractivity contribution < 1.29 is 4.79 Å². The average Bonchev–Trinajstić information content (AvgIpc) is 2.62. The van der Waals surface area contributed by atoms with Crippen LogP contribution < -0.4 is 0 Å². The normalized spacial score (nSPS) is 11.9. The number of hydrogen-bond acceptors (Lipinski definition) is 4. The third kappa shape index (κ3) is 4.23. The van der Waals surface area contributed by atoms with Gasteiger partial charge in [0, 0.05) is 10.8 Å². The van der Waals surface area contributed by atoms with Gasteiger partial charge in [0.05, 0.1) is 12.1 Å². The Morgan fingerprint density at radius 3 is 2.33 bits per heavy atom. The molecule has 0 atom stereocenters. The Morgan fingerprint density at radius 2 is 1.83 bits per heavy atom. The zero-order valence-corrected chi connectivity index (χ0v) is 12.7. The van der Waals surface area contributed by atoms with Gasteiger partial charge >= 0.3 is 0 Å². The van der Waals surface area contributed by atoms with Gasteiger partial charge in [-0.25, -0.2) is 0 Å². The van der Waals surface area contributed by atoms with Crippen LogP contribution in [0.1, 0.15) is 63.3 Å². The molecule has 0 aliphatic rings. The zero-order chi connectivity index (χ0) is 14.0. The molecule has 0 amide bonds. The van der Waals surface area contributed by atoms with Gasteiger partial charge < -0.3 is 0 Å². The Labute approximate surface area is 113 Å². The van der Waals surface area contributed by atoms with Gasteiger partial charge in [0.1, 0.15) is 4.88 Å².